The first-order chi connectivity index (χ1) is 8.36. The van der Waals surface area contributed by atoms with E-state index in [-0.39, 0.29) is 17.3 Å². The van der Waals surface area contributed by atoms with Gasteiger partial charge in [0.1, 0.15) is 5.69 Å². The molecule has 4 nitrogen and oxygen atoms in total. The summed E-state index contributed by atoms with van der Waals surface area (Å²) in [7, 11) is 0. The number of alkyl halides is 2. The number of esters is 1. The number of halogens is 4. The number of hydrogen-bond donors (Lipinski definition) is 0. The van der Waals surface area contributed by atoms with Gasteiger partial charge in [0.15, 0.2) is 0 Å². The fraction of sp³-hybridized carbons (Fsp3) is 0.300. The normalized spacial score (nSPS) is 11.8. The Hall–Kier alpha value is -0.550. The molecule has 1 aromatic carbocycles. The fourth-order valence-electron chi connectivity index (χ4n) is 0.938. The lowest BCUT2D eigenvalue weighted by Gasteiger charge is -2.10. The van der Waals surface area contributed by atoms with E-state index in [2.05, 4.69) is 15.0 Å². The molecule has 0 unspecified atom stereocenters. The average Bonchev–Trinajstić information content (AvgIpc) is 2.28. The predicted octanol–water partition coefficient (Wildman–Crippen LogP) is 4.77. The van der Waals surface area contributed by atoms with Crippen LogP contribution in [0.25, 0.3) is 0 Å². The summed E-state index contributed by atoms with van der Waals surface area (Å²) < 4.78 is 2.54. The van der Waals surface area contributed by atoms with Crippen molar-refractivity contribution >= 4 is 58.1 Å². The maximum absolute atomic E-state index is 11.3. The molecular weight excluding hydrogens is 322 g/mol. The molecular formula is C10H8Cl4N2O2. The highest BCUT2D eigenvalue weighted by Crippen LogP contribution is 2.31. The van der Waals surface area contributed by atoms with E-state index in [9.17, 15) is 4.79 Å². The van der Waals surface area contributed by atoms with Crippen molar-refractivity contribution in [2.75, 3.05) is 6.61 Å². The van der Waals surface area contributed by atoms with Gasteiger partial charge in [0.05, 0.1) is 11.6 Å². The van der Waals surface area contributed by atoms with Gasteiger partial charge >= 0.3 is 10.4 Å². The fourth-order valence-corrected chi connectivity index (χ4v) is 1.57. The van der Waals surface area contributed by atoms with Gasteiger partial charge in [0, 0.05) is 5.02 Å². The van der Waals surface area contributed by atoms with Crippen LogP contribution in [0.15, 0.2) is 28.4 Å². The minimum Gasteiger partial charge on any atom is -0.462 e. The van der Waals surface area contributed by atoms with Crippen molar-refractivity contribution in [2.24, 2.45) is 10.2 Å². The third-order valence-corrected chi connectivity index (χ3v) is 2.71. The SMILES string of the molecule is CCOC(=O)C(Cl)(Cl)/N=N/c1ccc(Cl)cc1Cl. The van der Waals surface area contributed by atoms with Crippen LogP contribution in [0.3, 0.4) is 0 Å². The Balaban J connectivity index is 2.88. The van der Waals surface area contributed by atoms with Crippen LogP contribution in [-0.2, 0) is 9.53 Å². The number of ether oxygens (including phenoxy) is 1. The Morgan fingerprint density at radius 2 is 2.06 bits per heavy atom. The van der Waals surface area contributed by atoms with Crippen LogP contribution in [0.2, 0.25) is 10.0 Å². The van der Waals surface area contributed by atoms with Crippen molar-refractivity contribution in [3.05, 3.63) is 28.2 Å². The van der Waals surface area contributed by atoms with Crippen LogP contribution < -0.4 is 0 Å². The van der Waals surface area contributed by atoms with Gasteiger partial charge in [-0.3, -0.25) is 0 Å². The Morgan fingerprint density at radius 3 is 2.61 bits per heavy atom. The molecule has 0 aromatic heterocycles. The number of hydrogen-bond acceptors (Lipinski definition) is 4. The Bertz CT molecular complexity index is 477. The zero-order valence-corrected chi connectivity index (χ0v) is 12.2. The van der Waals surface area contributed by atoms with Gasteiger partial charge < -0.3 is 4.74 Å². The smallest absolute Gasteiger partial charge is 0.367 e. The standard InChI is InChI=1S/C10H8Cl4N2O2/c1-2-18-9(17)10(13,14)16-15-8-4-3-6(11)5-7(8)12/h3-5H,2H2,1H3/b16-15+. The molecule has 0 radical (unpaired) electrons. The monoisotopic (exact) mass is 328 g/mol. The lowest BCUT2D eigenvalue weighted by Crippen LogP contribution is -2.25. The van der Waals surface area contributed by atoms with E-state index >= 15 is 0 Å². The Kier molecular flexibility index (Phi) is 5.66. The summed E-state index contributed by atoms with van der Waals surface area (Å²) in [6.07, 6.45) is 0. The van der Waals surface area contributed by atoms with Gasteiger partial charge in [0.25, 0.3) is 0 Å². The Morgan fingerprint density at radius 1 is 1.39 bits per heavy atom. The zero-order valence-electron chi connectivity index (χ0n) is 9.16. The highest BCUT2D eigenvalue weighted by Gasteiger charge is 2.35. The van der Waals surface area contributed by atoms with Crippen molar-refractivity contribution in [3.63, 3.8) is 0 Å². The Labute approximate surface area is 124 Å². The summed E-state index contributed by atoms with van der Waals surface area (Å²) in [5, 5.41) is 7.90. The number of carbonyl (C=O) groups is 1. The number of nitrogens with zero attached hydrogens (tertiary/aromatic N) is 2. The molecule has 0 aliphatic heterocycles. The first-order valence-electron chi connectivity index (χ1n) is 4.80. The van der Waals surface area contributed by atoms with E-state index in [1.807, 2.05) is 0 Å². The van der Waals surface area contributed by atoms with Crippen LogP contribution in [-0.4, -0.2) is 17.0 Å². The third kappa shape index (κ3) is 4.28. The number of azo groups is 1. The molecule has 0 aliphatic rings. The molecule has 0 heterocycles. The van der Waals surface area contributed by atoms with Crippen LogP contribution in [0.1, 0.15) is 6.92 Å². The summed E-state index contributed by atoms with van der Waals surface area (Å²) in [5.41, 5.74) is 0.288. The van der Waals surface area contributed by atoms with Crippen molar-refractivity contribution in [3.8, 4) is 0 Å². The number of carbonyl (C=O) groups excluding carboxylic acids is 1. The lowest BCUT2D eigenvalue weighted by molar-refractivity contribution is -0.143. The molecule has 0 atom stereocenters. The summed E-state index contributed by atoms with van der Waals surface area (Å²) in [6, 6.07) is 4.56. The molecule has 8 heteroatoms. The number of benzene rings is 1. The van der Waals surface area contributed by atoms with Gasteiger partial charge in [0.2, 0.25) is 0 Å². The molecule has 1 aromatic rings. The first-order valence-corrected chi connectivity index (χ1v) is 6.31. The quantitative estimate of drug-likeness (QED) is 0.345. The molecule has 0 spiro atoms. The van der Waals surface area contributed by atoms with Crippen molar-refractivity contribution in [1.82, 2.24) is 0 Å². The first kappa shape index (κ1) is 15.5. The summed E-state index contributed by atoms with van der Waals surface area (Å²) in [5.74, 6) is -0.901. The minimum atomic E-state index is -2.10. The second-order valence-electron chi connectivity index (χ2n) is 3.06. The number of rotatable bonds is 4. The molecule has 0 bridgehead atoms. The molecule has 0 saturated heterocycles. The van der Waals surface area contributed by atoms with E-state index in [0.717, 1.165) is 0 Å². The molecule has 18 heavy (non-hydrogen) atoms. The van der Waals surface area contributed by atoms with Crippen molar-refractivity contribution in [2.45, 2.75) is 11.4 Å². The highest BCUT2D eigenvalue weighted by molar-refractivity contribution is 6.57. The second-order valence-corrected chi connectivity index (χ2v) is 5.19. The van der Waals surface area contributed by atoms with Gasteiger partial charge in [-0.1, -0.05) is 46.4 Å². The summed E-state index contributed by atoms with van der Waals surface area (Å²) in [6.45, 7) is 1.76. The average molecular weight is 330 g/mol. The van der Waals surface area contributed by atoms with Crippen molar-refractivity contribution < 1.29 is 9.53 Å². The van der Waals surface area contributed by atoms with E-state index < -0.39 is 10.4 Å². The van der Waals surface area contributed by atoms with Crippen LogP contribution in [0, 0.1) is 0 Å². The van der Waals surface area contributed by atoms with E-state index in [1.165, 1.54) is 12.1 Å². The molecule has 98 valence electrons. The lowest BCUT2D eigenvalue weighted by atomic mass is 10.3. The van der Waals surface area contributed by atoms with E-state index in [0.29, 0.717) is 5.02 Å². The third-order valence-electron chi connectivity index (χ3n) is 1.71. The maximum Gasteiger partial charge on any atom is 0.367 e. The largest absolute Gasteiger partial charge is 0.462 e. The van der Waals surface area contributed by atoms with Crippen molar-refractivity contribution in [1.29, 1.82) is 0 Å². The molecule has 1 rings (SSSR count). The molecule has 0 amide bonds. The predicted molar refractivity (Wildman–Crippen MR) is 72.0 cm³/mol. The summed E-state index contributed by atoms with van der Waals surface area (Å²) >= 11 is 22.9. The van der Waals surface area contributed by atoms with E-state index in [4.69, 9.17) is 46.4 Å². The minimum absolute atomic E-state index is 0.136. The highest BCUT2D eigenvalue weighted by atomic mass is 35.5. The maximum atomic E-state index is 11.3. The molecule has 0 fully saturated rings. The van der Waals surface area contributed by atoms with Crippen LogP contribution >= 0.6 is 46.4 Å². The van der Waals surface area contributed by atoms with Crippen LogP contribution in [0.4, 0.5) is 5.69 Å². The molecule has 0 N–H and O–H groups in total. The zero-order chi connectivity index (χ0) is 13.8. The molecule has 0 saturated carbocycles. The topological polar surface area (TPSA) is 51.0 Å². The van der Waals surface area contributed by atoms with Gasteiger partial charge in [-0.15, -0.1) is 5.11 Å². The van der Waals surface area contributed by atoms with Crippen LogP contribution in [0.5, 0.6) is 0 Å². The summed E-state index contributed by atoms with van der Waals surface area (Å²) in [4.78, 5) is 11.3. The van der Waals surface area contributed by atoms with Gasteiger partial charge in [-0.25, -0.2) is 4.79 Å². The second kappa shape index (κ2) is 6.57. The van der Waals surface area contributed by atoms with E-state index in [1.54, 1.807) is 13.0 Å². The van der Waals surface area contributed by atoms with Gasteiger partial charge in [-0.05, 0) is 25.1 Å². The van der Waals surface area contributed by atoms with Gasteiger partial charge in [-0.2, -0.15) is 5.11 Å². The molecule has 0 aliphatic carbocycles.